The van der Waals surface area contributed by atoms with E-state index < -0.39 is 46.8 Å². The molecule has 2 fully saturated rings. The van der Waals surface area contributed by atoms with E-state index in [1.165, 1.54) is 36.2 Å². The lowest BCUT2D eigenvalue weighted by Crippen LogP contribution is -2.48. The highest BCUT2D eigenvalue weighted by molar-refractivity contribution is 7.11. The summed E-state index contributed by atoms with van der Waals surface area (Å²) in [6, 6.07) is 2.47. The van der Waals surface area contributed by atoms with E-state index in [1.807, 2.05) is 0 Å². The fourth-order valence-electron chi connectivity index (χ4n) is 5.85. The van der Waals surface area contributed by atoms with E-state index in [-0.39, 0.29) is 44.8 Å². The average Bonchev–Trinajstić information content (AvgIpc) is 3.63. The SMILES string of the molecule is CCOC(=O)C1=C(CN2CCC3(F)CN(CC(C)(C)C(=O)O)C(=O)C23)NC(c2nccs2)=N[C@H]1c1cccc(F)c1C. The Labute approximate surface area is 246 Å². The Bertz CT molecular complexity index is 1480. The first-order chi connectivity index (χ1) is 19.9. The highest BCUT2D eigenvalue weighted by atomic mass is 32.1. The molecule has 2 saturated heterocycles. The van der Waals surface area contributed by atoms with E-state index in [2.05, 4.69) is 10.3 Å². The minimum absolute atomic E-state index is 0.0261. The van der Waals surface area contributed by atoms with Crippen molar-refractivity contribution in [2.75, 3.05) is 32.8 Å². The highest BCUT2D eigenvalue weighted by Gasteiger charge is 2.60. The van der Waals surface area contributed by atoms with Crippen LogP contribution in [0.5, 0.6) is 0 Å². The van der Waals surface area contributed by atoms with Gasteiger partial charge in [-0.05, 0) is 51.3 Å². The number of ether oxygens (including phenoxy) is 1. The van der Waals surface area contributed by atoms with Gasteiger partial charge in [-0.15, -0.1) is 11.3 Å². The highest BCUT2D eigenvalue weighted by Crippen LogP contribution is 2.42. The normalized spacial score (nSPS) is 24.5. The van der Waals surface area contributed by atoms with Gasteiger partial charge < -0.3 is 20.1 Å². The minimum Gasteiger partial charge on any atom is -0.481 e. The number of likely N-dealkylation sites (tertiary alicyclic amines) is 2. The number of carboxylic acid groups (broad SMARTS) is 1. The molecule has 42 heavy (non-hydrogen) atoms. The van der Waals surface area contributed by atoms with Gasteiger partial charge in [0, 0.05) is 36.9 Å². The molecule has 0 radical (unpaired) electrons. The zero-order valence-corrected chi connectivity index (χ0v) is 24.6. The van der Waals surface area contributed by atoms with Crippen LogP contribution in [0.2, 0.25) is 0 Å². The maximum atomic E-state index is 16.2. The Morgan fingerprint density at radius 1 is 1.33 bits per heavy atom. The van der Waals surface area contributed by atoms with Crippen molar-refractivity contribution in [2.24, 2.45) is 10.4 Å². The molecule has 0 bridgehead atoms. The lowest BCUT2D eigenvalue weighted by atomic mass is 9.92. The third-order valence-electron chi connectivity index (χ3n) is 8.06. The number of carbonyl (C=O) groups is 3. The van der Waals surface area contributed by atoms with Crippen molar-refractivity contribution in [2.45, 2.75) is 51.9 Å². The molecule has 5 rings (SSSR count). The number of aliphatic imine (C=N–C) groups is 1. The van der Waals surface area contributed by atoms with Crippen LogP contribution in [0.1, 0.15) is 49.4 Å². The number of aliphatic carboxylic acids is 1. The summed E-state index contributed by atoms with van der Waals surface area (Å²) >= 11 is 1.32. The van der Waals surface area contributed by atoms with Crippen molar-refractivity contribution in [3.05, 3.63) is 63.0 Å². The maximum Gasteiger partial charge on any atom is 0.338 e. The van der Waals surface area contributed by atoms with Crippen molar-refractivity contribution in [1.82, 2.24) is 20.1 Å². The van der Waals surface area contributed by atoms with Crippen molar-refractivity contribution < 1.29 is 33.0 Å². The lowest BCUT2D eigenvalue weighted by molar-refractivity contribution is -0.149. The van der Waals surface area contributed by atoms with Crippen molar-refractivity contribution >= 4 is 35.0 Å². The molecule has 13 heteroatoms. The number of amidine groups is 1. The fourth-order valence-corrected chi connectivity index (χ4v) is 6.44. The number of alkyl halides is 1. The summed E-state index contributed by atoms with van der Waals surface area (Å²) in [6.07, 6.45) is 1.68. The van der Waals surface area contributed by atoms with Gasteiger partial charge in [-0.2, -0.15) is 0 Å². The van der Waals surface area contributed by atoms with Crippen molar-refractivity contribution in [1.29, 1.82) is 0 Å². The van der Waals surface area contributed by atoms with Crippen LogP contribution in [0.25, 0.3) is 0 Å². The first-order valence-corrected chi connectivity index (χ1v) is 14.6. The number of rotatable bonds is 9. The molecule has 1 amide bonds. The third-order valence-corrected chi connectivity index (χ3v) is 8.84. The van der Waals surface area contributed by atoms with E-state index in [4.69, 9.17) is 9.73 Å². The second-order valence-corrected chi connectivity index (χ2v) is 12.3. The van der Waals surface area contributed by atoms with E-state index in [1.54, 1.807) is 42.5 Å². The Hall–Kier alpha value is -3.71. The van der Waals surface area contributed by atoms with Gasteiger partial charge in [0.1, 0.15) is 17.9 Å². The molecule has 10 nitrogen and oxygen atoms in total. The molecule has 1 aromatic heterocycles. The number of thiazole rings is 1. The van der Waals surface area contributed by atoms with E-state index in [9.17, 15) is 23.9 Å². The molecule has 2 N–H and O–H groups in total. The summed E-state index contributed by atoms with van der Waals surface area (Å²) in [5, 5.41) is 15.1. The Balaban J connectivity index is 1.55. The third kappa shape index (κ3) is 5.31. The Kier molecular flexibility index (Phi) is 7.92. The van der Waals surface area contributed by atoms with Crippen LogP contribution in [0, 0.1) is 18.2 Å². The van der Waals surface area contributed by atoms with Crippen molar-refractivity contribution in [3.8, 4) is 0 Å². The van der Waals surface area contributed by atoms with Crippen LogP contribution < -0.4 is 5.32 Å². The summed E-state index contributed by atoms with van der Waals surface area (Å²) in [5.74, 6) is -2.34. The number of hydrogen-bond donors (Lipinski definition) is 2. The summed E-state index contributed by atoms with van der Waals surface area (Å²) in [4.78, 5) is 50.8. The fraction of sp³-hybridized carbons (Fsp3) is 0.483. The molecule has 4 heterocycles. The van der Waals surface area contributed by atoms with Crippen LogP contribution in [0.4, 0.5) is 8.78 Å². The predicted molar refractivity (Wildman–Crippen MR) is 151 cm³/mol. The number of benzene rings is 1. The number of carboxylic acids is 1. The van der Waals surface area contributed by atoms with Gasteiger partial charge in [0.2, 0.25) is 5.91 Å². The number of amides is 1. The van der Waals surface area contributed by atoms with Crippen LogP contribution in [-0.2, 0) is 19.1 Å². The van der Waals surface area contributed by atoms with Crippen LogP contribution in [0.15, 0.2) is 46.0 Å². The van der Waals surface area contributed by atoms with Gasteiger partial charge in [0.05, 0.1) is 24.1 Å². The molecule has 0 saturated carbocycles. The Morgan fingerprint density at radius 2 is 2.10 bits per heavy atom. The Morgan fingerprint density at radius 3 is 2.76 bits per heavy atom. The van der Waals surface area contributed by atoms with Gasteiger partial charge >= 0.3 is 11.9 Å². The summed E-state index contributed by atoms with van der Waals surface area (Å²) in [7, 11) is 0. The van der Waals surface area contributed by atoms with Gasteiger partial charge in [0.15, 0.2) is 16.5 Å². The zero-order valence-electron chi connectivity index (χ0n) is 23.8. The average molecular weight is 602 g/mol. The first-order valence-electron chi connectivity index (χ1n) is 13.7. The van der Waals surface area contributed by atoms with Crippen LogP contribution >= 0.6 is 11.3 Å². The summed E-state index contributed by atoms with van der Waals surface area (Å²) in [6.45, 7) is 6.22. The quantitative estimate of drug-likeness (QED) is 0.420. The lowest BCUT2D eigenvalue weighted by Gasteiger charge is -2.32. The largest absolute Gasteiger partial charge is 0.481 e. The standard InChI is InChI=1S/C29H33F2N5O5S/c1-5-41-26(38)20-19(13-35-11-9-29(31)15-36(25(37)22(29)35)14-28(3,4)27(39)40)33-23(24-32-10-12-42-24)34-21(20)17-7-6-8-18(30)16(17)2/h6-8,10,12,21-22H,5,9,11,13-15H2,1-4H3,(H,33,34)(H,39,40)/t21-,22?,29?/m0/s1. The predicted octanol–water partition coefficient (Wildman–Crippen LogP) is 3.23. The van der Waals surface area contributed by atoms with Crippen molar-refractivity contribution in [3.63, 3.8) is 0 Å². The van der Waals surface area contributed by atoms with Gasteiger partial charge in [-0.1, -0.05) is 12.1 Å². The number of esters is 1. The molecular weight excluding hydrogens is 568 g/mol. The summed E-state index contributed by atoms with van der Waals surface area (Å²) < 4.78 is 36.4. The number of hydrogen-bond acceptors (Lipinski definition) is 9. The first kappa shape index (κ1) is 29.8. The minimum atomic E-state index is -1.88. The number of nitrogens with zero attached hydrogens (tertiary/aromatic N) is 4. The number of nitrogens with one attached hydrogen (secondary N) is 1. The molecule has 1 aromatic carbocycles. The number of aromatic nitrogens is 1. The second kappa shape index (κ2) is 11.2. The van der Waals surface area contributed by atoms with E-state index >= 15 is 4.39 Å². The monoisotopic (exact) mass is 601 g/mol. The molecular formula is C29H33F2N5O5S. The molecule has 0 spiro atoms. The van der Waals surface area contributed by atoms with Crippen LogP contribution in [0.3, 0.4) is 0 Å². The van der Waals surface area contributed by atoms with E-state index in [0.717, 1.165) is 0 Å². The smallest absolute Gasteiger partial charge is 0.338 e. The maximum absolute atomic E-state index is 16.2. The van der Waals surface area contributed by atoms with Crippen LogP contribution in [-0.4, -0.2) is 88.1 Å². The molecule has 2 unspecified atom stereocenters. The zero-order chi connectivity index (χ0) is 30.4. The molecule has 3 aliphatic heterocycles. The number of fused-ring (bicyclic) bond motifs is 1. The number of carbonyl (C=O) groups excluding carboxylic acids is 2. The molecule has 0 aliphatic carbocycles. The summed E-state index contributed by atoms with van der Waals surface area (Å²) in [5.41, 5.74) is -1.86. The van der Waals surface area contributed by atoms with Gasteiger partial charge in [-0.3, -0.25) is 19.5 Å². The molecule has 3 atom stereocenters. The van der Waals surface area contributed by atoms with Gasteiger partial charge in [0.25, 0.3) is 0 Å². The van der Waals surface area contributed by atoms with E-state index in [0.29, 0.717) is 27.7 Å². The molecule has 2 aromatic rings. The second-order valence-electron chi connectivity index (χ2n) is 11.5. The number of halogens is 2. The van der Waals surface area contributed by atoms with Gasteiger partial charge in [-0.25, -0.2) is 18.6 Å². The topological polar surface area (TPSA) is 124 Å². The molecule has 3 aliphatic rings. The molecule has 224 valence electrons.